The SMILES string of the molecule is CCC(CC)(CC(=O)O)NC(=O)Cc1csc(COc2ccc(C)cc2)n1. The van der Waals surface area contributed by atoms with Crippen molar-refractivity contribution in [1.82, 2.24) is 10.3 Å². The van der Waals surface area contributed by atoms with Crippen LogP contribution in [-0.4, -0.2) is 27.5 Å². The van der Waals surface area contributed by atoms with Crippen LogP contribution in [0, 0.1) is 6.92 Å². The summed E-state index contributed by atoms with van der Waals surface area (Å²) < 4.78 is 5.71. The molecule has 2 N–H and O–H groups in total. The summed E-state index contributed by atoms with van der Waals surface area (Å²) in [5, 5.41) is 14.6. The van der Waals surface area contributed by atoms with E-state index >= 15 is 0 Å². The number of nitrogens with zero attached hydrogens (tertiary/aromatic N) is 1. The molecule has 0 aliphatic heterocycles. The number of amides is 1. The van der Waals surface area contributed by atoms with Gasteiger partial charge < -0.3 is 15.2 Å². The zero-order valence-electron chi connectivity index (χ0n) is 15.9. The number of benzene rings is 1. The fourth-order valence-corrected chi connectivity index (χ4v) is 3.50. The van der Waals surface area contributed by atoms with Crippen molar-refractivity contribution in [1.29, 1.82) is 0 Å². The Labute approximate surface area is 163 Å². The quantitative estimate of drug-likeness (QED) is 0.645. The highest BCUT2D eigenvalue weighted by Gasteiger charge is 2.31. The van der Waals surface area contributed by atoms with Gasteiger partial charge in [-0.2, -0.15) is 0 Å². The lowest BCUT2D eigenvalue weighted by atomic mass is 9.88. The zero-order chi connectivity index (χ0) is 19.9. The van der Waals surface area contributed by atoms with Gasteiger partial charge in [-0.1, -0.05) is 31.5 Å². The molecule has 2 aromatic rings. The Morgan fingerprint density at radius 2 is 1.89 bits per heavy atom. The molecule has 7 heteroatoms. The molecule has 27 heavy (non-hydrogen) atoms. The van der Waals surface area contributed by atoms with Crippen LogP contribution in [0.15, 0.2) is 29.6 Å². The Morgan fingerprint density at radius 3 is 2.48 bits per heavy atom. The molecular formula is C20H26N2O4S. The van der Waals surface area contributed by atoms with Gasteiger partial charge in [-0.05, 0) is 31.9 Å². The Balaban J connectivity index is 1.91. The molecule has 1 aromatic carbocycles. The van der Waals surface area contributed by atoms with Crippen molar-refractivity contribution in [3.05, 3.63) is 45.9 Å². The minimum Gasteiger partial charge on any atom is -0.486 e. The minimum atomic E-state index is -0.914. The number of hydrogen-bond donors (Lipinski definition) is 2. The minimum absolute atomic E-state index is 0.0849. The predicted octanol–water partition coefficient (Wildman–Crippen LogP) is 3.72. The van der Waals surface area contributed by atoms with Crippen molar-refractivity contribution in [2.24, 2.45) is 0 Å². The van der Waals surface area contributed by atoms with Gasteiger partial charge in [0.25, 0.3) is 0 Å². The van der Waals surface area contributed by atoms with Crippen LogP contribution in [0.25, 0.3) is 0 Å². The first-order valence-electron chi connectivity index (χ1n) is 9.01. The fourth-order valence-electron chi connectivity index (χ4n) is 2.79. The highest BCUT2D eigenvalue weighted by Crippen LogP contribution is 2.21. The molecular weight excluding hydrogens is 364 g/mol. The first kappa shape index (κ1) is 20.9. The van der Waals surface area contributed by atoms with Gasteiger partial charge >= 0.3 is 5.97 Å². The van der Waals surface area contributed by atoms with Crippen molar-refractivity contribution in [3.63, 3.8) is 0 Å². The van der Waals surface area contributed by atoms with E-state index in [2.05, 4.69) is 10.3 Å². The highest BCUT2D eigenvalue weighted by molar-refractivity contribution is 7.09. The van der Waals surface area contributed by atoms with Crippen LogP contribution < -0.4 is 10.1 Å². The second-order valence-corrected chi connectivity index (χ2v) is 7.56. The van der Waals surface area contributed by atoms with E-state index in [1.807, 2.05) is 50.4 Å². The summed E-state index contributed by atoms with van der Waals surface area (Å²) in [6, 6.07) is 7.79. The number of thiazole rings is 1. The summed E-state index contributed by atoms with van der Waals surface area (Å²) in [6.45, 7) is 6.14. The van der Waals surface area contributed by atoms with Gasteiger partial charge in [0.15, 0.2) is 0 Å². The number of carboxylic acids is 1. The summed E-state index contributed by atoms with van der Waals surface area (Å²) in [6.07, 6.45) is 1.17. The van der Waals surface area contributed by atoms with Crippen molar-refractivity contribution >= 4 is 23.2 Å². The number of carbonyl (C=O) groups is 2. The number of aliphatic carboxylic acids is 1. The van der Waals surface area contributed by atoms with Gasteiger partial charge in [0.2, 0.25) is 5.91 Å². The molecule has 0 fully saturated rings. The van der Waals surface area contributed by atoms with Gasteiger partial charge in [0, 0.05) is 10.9 Å². The molecule has 0 saturated carbocycles. The third-order valence-corrected chi connectivity index (χ3v) is 5.44. The normalized spacial score (nSPS) is 11.2. The van der Waals surface area contributed by atoms with E-state index in [4.69, 9.17) is 9.84 Å². The van der Waals surface area contributed by atoms with Crippen molar-refractivity contribution in [2.75, 3.05) is 0 Å². The number of nitrogens with one attached hydrogen (secondary N) is 1. The maximum Gasteiger partial charge on any atom is 0.305 e. The first-order chi connectivity index (χ1) is 12.9. The van der Waals surface area contributed by atoms with Gasteiger partial charge in [-0.25, -0.2) is 4.98 Å². The summed E-state index contributed by atoms with van der Waals surface area (Å²) in [5.41, 5.74) is 1.12. The molecule has 0 aliphatic carbocycles. The molecule has 146 valence electrons. The molecule has 0 bridgehead atoms. The standard InChI is InChI=1S/C20H26N2O4S/c1-4-20(5-2,11-19(24)25)22-17(23)10-15-13-27-18(21-15)12-26-16-8-6-14(3)7-9-16/h6-9,13H,4-5,10-12H2,1-3H3,(H,22,23)(H,24,25). The largest absolute Gasteiger partial charge is 0.486 e. The molecule has 0 aliphatic rings. The molecule has 1 heterocycles. The van der Waals surface area contributed by atoms with Crippen LogP contribution in [-0.2, 0) is 22.6 Å². The molecule has 0 spiro atoms. The smallest absolute Gasteiger partial charge is 0.305 e. The van der Waals surface area contributed by atoms with E-state index in [1.54, 1.807) is 0 Å². The lowest BCUT2D eigenvalue weighted by Crippen LogP contribution is -2.49. The van der Waals surface area contributed by atoms with Crippen LogP contribution >= 0.6 is 11.3 Å². The summed E-state index contributed by atoms with van der Waals surface area (Å²) in [5.74, 6) is -0.348. The molecule has 2 rings (SSSR count). The summed E-state index contributed by atoms with van der Waals surface area (Å²) in [7, 11) is 0. The number of aryl methyl sites for hydroxylation is 1. The number of hydrogen-bond acceptors (Lipinski definition) is 5. The van der Waals surface area contributed by atoms with E-state index in [-0.39, 0.29) is 18.7 Å². The maximum atomic E-state index is 12.4. The Hall–Kier alpha value is -2.41. The lowest BCUT2D eigenvalue weighted by molar-refractivity contribution is -0.139. The molecule has 6 nitrogen and oxygen atoms in total. The molecule has 1 amide bonds. The number of carboxylic acid groups (broad SMARTS) is 1. The fraction of sp³-hybridized carbons (Fsp3) is 0.450. The van der Waals surface area contributed by atoms with E-state index in [1.165, 1.54) is 16.9 Å². The number of carbonyl (C=O) groups excluding carboxylic acids is 1. The average Bonchev–Trinajstić information content (AvgIpc) is 3.07. The third kappa shape index (κ3) is 6.36. The van der Waals surface area contributed by atoms with E-state index < -0.39 is 11.5 Å². The second-order valence-electron chi connectivity index (χ2n) is 6.62. The van der Waals surface area contributed by atoms with Crippen molar-refractivity contribution < 1.29 is 19.4 Å². The number of aromatic nitrogens is 1. The molecule has 0 unspecified atom stereocenters. The van der Waals surface area contributed by atoms with Crippen LogP contribution in [0.3, 0.4) is 0 Å². The van der Waals surface area contributed by atoms with Gasteiger partial charge in [0.05, 0.1) is 18.5 Å². The Kier molecular flexibility index (Phi) is 7.36. The molecule has 0 saturated heterocycles. The third-order valence-electron chi connectivity index (χ3n) is 4.57. The Bertz CT molecular complexity index is 767. The van der Waals surface area contributed by atoms with Crippen LogP contribution in [0.1, 0.15) is 49.4 Å². The summed E-state index contributed by atoms with van der Waals surface area (Å²) in [4.78, 5) is 27.9. The summed E-state index contributed by atoms with van der Waals surface area (Å²) >= 11 is 1.44. The van der Waals surface area contributed by atoms with Crippen LogP contribution in [0.4, 0.5) is 0 Å². The number of ether oxygens (including phenoxy) is 1. The molecule has 0 radical (unpaired) electrons. The monoisotopic (exact) mass is 390 g/mol. The lowest BCUT2D eigenvalue weighted by Gasteiger charge is -2.31. The highest BCUT2D eigenvalue weighted by atomic mass is 32.1. The van der Waals surface area contributed by atoms with Gasteiger partial charge in [0.1, 0.15) is 17.4 Å². The number of rotatable bonds is 10. The van der Waals surface area contributed by atoms with Crippen molar-refractivity contribution in [2.45, 2.75) is 58.6 Å². The first-order valence-corrected chi connectivity index (χ1v) is 9.89. The second kappa shape index (κ2) is 9.50. The van der Waals surface area contributed by atoms with Gasteiger partial charge in [-0.3, -0.25) is 9.59 Å². The van der Waals surface area contributed by atoms with E-state index in [9.17, 15) is 9.59 Å². The maximum absolute atomic E-state index is 12.4. The topological polar surface area (TPSA) is 88.5 Å². The van der Waals surface area contributed by atoms with Crippen molar-refractivity contribution in [3.8, 4) is 5.75 Å². The van der Waals surface area contributed by atoms with E-state index in [0.717, 1.165) is 10.8 Å². The zero-order valence-corrected chi connectivity index (χ0v) is 16.8. The average molecular weight is 391 g/mol. The molecule has 1 aromatic heterocycles. The van der Waals surface area contributed by atoms with E-state index in [0.29, 0.717) is 25.1 Å². The van der Waals surface area contributed by atoms with Crippen LogP contribution in [0.5, 0.6) is 5.75 Å². The molecule has 0 atom stereocenters. The van der Waals surface area contributed by atoms with Crippen LogP contribution in [0.2, 0.25) is 0 Å². The predicted molar refractivity (Wildman–Crippen MR) is 105 cm³/mol. The Morgan fingerprint density at radius 1 is 1.22 bits per heavy atom. The van der Waals surface area contributed by atoms with Gasteiger partial charge in [-0.15, -0.1) is 11.3 Å².